The van der Waals surface area contributed by atoms with E-state index in [0.29, 0.717) is 15.8 Å². The molecule has 5 nitrogen and oxygen atoms in total. The predicted molar refractivity (Wildman–Crippen MR) is 61.6 cm³/mol. The highest BCUT2D eigenvalue weighted by atomic mass is 32.2. The van der Waals surface area contributed by atoms with E-state index in [2.05, 4.69) is 21.3 Å². The van der Waals surface area contributed by atoms with Gasteiger partial charge in [-0.05, 0) is 38.1 Å². The third-order valence-electron chi connectivity index (χ3n) is 2.32. The Hall–Kier alpha value is -1.87. The van der Waals surface area contributed by atoms with Crippen LogP contribution in [0.4, 0.5) is 0 Å². The van der Waals surface area contributed by atoms with E-state index in [9.17, 15) is 0 Å². The molecule has 0 aliphatic heterocycles. The minimum absolute atomic E-state index is 0.469. The molecule has 0 aromatic carbocycles. The maximum Gasteiger partial charge on any atom is 0.262 e. The average Bonchev–Trinajstić information content (AvgIpc) is 2.70. The minimum Gasteiger partial charge on any atom is -0.439 e. The fourth-order valence-electron chi connectivity index (χ4n) is 1.25. The van der Waals surface area contributed by atoms with Gasteiger partial charge in [0.2, 0.25) is 0 Å². The molecular formula is C11H10N4OS. The molecule has 2 heterocycles. The van der Waals surface area contributed by atoms with Gasteiger partial charge in [-0.3, -0.25) is 0 Å². The molecule has 0 fully saturated rings. The summed E-state index contributed by atoms with van der Waals surface area (Å²) in [4.78, 5) is 4.15. The van der Waals surface area contributed by atoms with Crippen molar-refractivity contribution in [3.8, 4) is 6.07 Å². The molecule has 0 spiro atoms. The number of hydrogen-bond acceptors (Lipinski definition) is 6. The van der Waals surface area contributed by atoms with Crippen molar-refractivity contribution >= 4 is 11.8 Å². The molecule has 0 saturated carbocycles. The number of oxazole rings is 1. The van der Waals surface area contributed by atoms with Gasteiger partial charge in [-0.25, -0.2) is 4.98 Å². The second-order valence-electron chi connectivity index (χ2n) is 3.56. The summed E-state index contributed by atoms with van der Waals surface area (Å²) in [6.45, 7) is 5.52. The number of hydrogen-bond donors (Lipinski definition) is 0. The fourth-order valence-corrected chi connectivity index (χ4v) is 2.09. The van der Waals surface area contributed by atoms with Gasteiger partial charge >= 0.3 is 0 Å². The van der Waals surface area contributed by atoms with Crippen LogP contribution in [0.5, 0.6) is 0 Å². The topological polar surface area (TPSA) is 75.6 Å². The number of nitrogens with zero attached hydrogens (tertiary/aromatic N) is 4. The van der Waals surface area contributed by atoms with E-state index in [0.717, 1.165) is 17.0 Å². The van der Waals surface area contributed by atoms with Crippen molar-refractivity contribution in [2.24, 2.45) is 0 Å². The van der Waals surface area contributed by atoms with Crippen molar-refractivity contribution in [3.05, 3.63) is 28.8 Å². The lowest BCUT2D eigenvalue weighted by molar-refractivity contribution is 0.453. The van der Waals surface area contributed by atoms with Crippen LogP contribution in [0, 0.1) is 32.1 Å². The number of aryl methyl sites for hydroxylation is 2. The van der Waals surface area contributed by atoms with Crippen LogP contribution in [0.3, 0.4) is 0 Å². The normalized spacial score (nSPS) is 10.2. The molecule has 2 rings (SSSR count). The van der Waals surface area contributed by atoms with Crippen LogP contribution >= 0.6 is 11.8 Å². The van der Waals surface area contributed by atoms with E-state index in [-0.39, 0.29) is 0 Å². The molecule has 0 saturated heterocycles. The first-order valence-electron chi connectivity index (χ1n) is 4.95. The van der Waals surface area contributed by atoms with Crippen LogP contribution in [-0.4, -0.2) is 15.2 Å². The van der Waals surface area contributed by atoms with Crippen LogP contribution < -0.4 is 0 Å². The third-order valence-corrected chi connectivity index (χ3v) is 3.16. The lowest BCUT2D eigenvalue weighted by Crippen LogP contribution is -1.98. The summed E-state index contributed by atoms with van der Waals surface area (Å²) < 4.78 is 5.21. The SMILES string of the molecule is Cc1coc(Sc2nnc(C)c(C)c2C#N)n1. The summed E-state index contributed by atoms with van der Waals surface area (Å²) in [6, 6.07) is 2.14. The highest BCUT2D eigenvalue weighted by molar-refractivity contribution is 7.99. The first-order chi connectivity index (χ1) is 8.11. The zero-order chi connectivity index (χ0) is 12.4. The number of aromatic nitrogens is 3. The molecule has 2 aromatic rings. The molecule has 6 heteroatoms. The van der Waals surface area contributed by atoms with E-state index >= 15 is 0 Å². The van der Waals surface area contributed by atoms with Crippen molar-refractivity contribution in [1.82, 2.24) is 15.2 Å². The van der Waals surface area contributed by atoms with Crippen LogP contribution in [0.25, 0.3) is 0 Å². The van der Waals surface area contributed by atoms with Crippen LogP contribution in [0.15, 0.2) is 20.9 Å². The van der Waals surface area contributed by atoms with Crippen LogP contribution in [0.1, 0.15) is 22.5 Å². The van der Waals surface area contributed by atoms with Crippen molar-refractivity contribution in [2.75, 3.05) is 0 Å². The number of nitriles is 1. The third kappa shape index (κ3) is 2.29. The van der Waals surface area contributed by atoms with Gasteiger partial charge in [-0.1, -0.05) is 0 Å². The lowest BCUT2D eigenvalue weighted by atomic mass is 10.1. The van der Waals surface area contributed by atoms with Gasteiger partial charge in [-0.15, -0.1) is 5.10 Å². The first kappa shape index (κ1) is 11.6. The highest BCUT2D eigenvalue weighted by Crippen LogP contribution is 2.29. The Morgan fingerprint density at radius 1 is 1.29 bits per heavy atom. The summed E-state index contributed by atoms with van der Waals surface area (Å²) >= 11 is 1.21. The lowest BCUT2D eigenvalue weighted by Gasteiger charge is -2.03. The zero-order valence-electron chi connectivity index (χ0n) is 9.68. The van der Waals surface area contributed by atoms with E-state index in [1.165, 1.54) is 11.8 Å². The maximum atomic E-state index is 9.12. The molecule has 0 amide bonds. The predicted octanol–water partition coefficient (Wildman–Crippen LogP) is 2.41. The van der Waals surface area contributed by atoms with Crippen molar-refractivity contribution in [2.45, 2.75) is 31.0 Å². The summed E-state index contributed by atoms with van der Waals surface area (Å²) in [5.74, 6) is 0. The van der Waals surface area contributed by atoms with Gasteiger partial charge in [0.1, 0.15) is 17.4 Å². The Kier molecular flexibility index (Phi) is 3.11. The molecule has 0 radical (unpaired) electrons. The number of rotatable bonds is 2. The summed E-state index contributed by atoms with van der Waals surface area (Å²) in [6.07, 6.45) is 1.56. The second-order valence-corrected chi connectivity index (χ2v) is 4.50. The average molecular weight is 246 g/mol. The summed E-state index contributed by atoms with van der Waals surface area (Å²) in [5.41, 5.74) is 2.92. The van der Waals surface area contributed by atoms with Gasteiger partial charge in [0.15, 0.2) is 0 Å². The van der Waals surface area contributed by atoms with Gasteiger partial charge in [0.25, 0.3) is 5.22 Å². The summed E-state index contributed by atoms with van der Waals surface area (Å²) in [7, 11) is 0. The van der Waals surface area contributed by atoms with Crippen molar-refractivity contribution in [1.29, 1.82) is 5.26 Å². The molecular weight excluding hydrogens is 236 g/mol. The molecule has 0 atom stereocenters. The first-order valence-corrected chi connectivity index (χ1v) is 5.77. The fraction of sp³-hybridized carbons (Fsp3) is 0.273. The van der Waals surface area contributed by atoms with E-state index in [4.69, 9.17) is 9.68 Å². The molecule has 0 N–H and O–H groups in total. The molecule has 2 aromatic heterocycles. The van der Waals surface area contributed by atoms with E-state index in [1.54, 1.807) is 6.26 Å². The standard InChI is InChI=1S/C11H10N4OS/c1-6-5-16-11(13-6)17-10-9(4-12)7(2)8(3)14-15-10/h5H,1-3H3. The molecule has 0 aliphatic carbocycles. The summed E-state index contributed by atoms with van der Waals surface area (Å²) in [5, 5.41) is 18.1. The Balaban J connectivity index is 2.40. The van der Waals surface area contributed by atoms with Gasteiger partial charge in [0.05, 0.1) is 17.0 Å². The van der Waals surface area contributed by atoms with Crippen molar-refractivity contribution < 1.29 is 4.42 Å². The highest BCUT2D eigenvalue weighted by Gasteiger charge is 2.14. The molecule has 0 unspecified atom stereocenters. The van der Waals surface area contributed by atoms with Gasteiger partial charge < -0.3 is 4.42 Å². The molecule has 0 bridgehead atoms. The zero-order valence-corrected chi connectivity index (χ0v) is 10.5. The molecule has 0 aliphatic rings. The van der Waals surface area contributed by atoms with Crippen LogP contribution in [-0.2, 0) is 0 Å². The quantitative estimate of drug-likeness (QED) is 0.810. The Morgan fingerprint density at radius 3 is 2.65 bits per heavy atom. The monoisotopic (exact) mass is 246 g/mol. The van der Waals surface area contributed by atoms with E-state index < -0.39 is 0 Å². The molecule has 17 heavy (non-hydrogen) atoms. The van der Waals surface area contributed by atoms with Gasteiger partial charge in [-0.2, -0.15) is 10.4 Å². The minimum atomic E-state index is 0.469. The largest absolute Gasteiger partial charge is 0.439 e. The Labute approximate surface area is 103 Å². The Bertz CT molecular complexity index is 600. The Morgan fingerprint density at radius 2 is 2.06 bits per heavy atom. The van der Waals surface area contributed by atoms with Crippen molar-refractivity contribution in [3.63, 3.8) is 0 Å². The maximum absolute atomic E-state index is 9.12. The molecule has 86 valence electrons. The smallest absolute Gasteiger partial charge is 0.262 e. The second kappa shape index (κ2) is 4.55. The van der Waals surface area contributed by atoms with Crippen LogP contribution in [0.2, 0.25) is 0 Å². The van der Waals surface area contributed by atoms with E-state index in [1.807, 2.05) is 20.8 Å². The van der Waals surface area contributed by atoms with Gasteiger partial charge in [0, 0.05) is 0 Å².